The van der Waals surface area contributed by atoms with Crippen LogP contribution in [0.3, 0.4) is 0 Å². The molecule has 2 N–H and O–H groups in total. The van der Waals surface area contributed by atoms with Crippen LogP contribution in [-0.2, 0) is 6.42 Å². The van der Waals surface area contributed by atoms with Gasteiger partial charge in [0.15, 0.2) is 0 Å². The number of hydrogen-bond donors (Lipinski definition) is 1. The number of nitrogens with zero attached hydrogens (tertiary/aromatic N) is 3. The van der Waals surface area contributed by atoms with Crippen molar-refractivity contribution in [3.63, 3.8) is 0 Å². The number of anilines is 2. The van der Waals surface area contributed by atoms with Crippen molar-refractivity contribution in [3.05, 3.63) is 30.1 Å². The van der Waals surface area contributed by atoms with Crippen LogP contribution in [0.25, 0.3) is 11.3 Å². The quantitative estimate of drug-likeness (QED) is 0.911. The van der Waals surface area contributed by atoms with E-state index in [-0.39, 0.29) is 0 Å². The van der Waals surface area contributed by atoms with Gasteiger partial charge in [-0.1, -0.05) is 6.07 Å². The van der Waals surface area contributed by atoms with E-state index in [4.69, 9.17) is 5.73 Å². The Kier molecular flexibility index (Phi) is 2.52. The average Bonchev–Trinajstić information content (AvgIpc) is 3.22. The maximum absolute atomic E-state index is 6.27. The summed E-state index contributed by atoms with van der Waals surface area (Å²) in [6.07, 6.45) is 6.73. The summed E-state index contributed by atoms with van der Waals surface area (Å²) in [6, 6.07) is 7.21. The molecule has 1 aromatic heterocycles. The van der Waals surface area contributed by atoms with Gasteiger partial charge in [-0.05, 0) is 43.4 Å². The highest BCUT2D eigenvalue weighted by molar-refractivity contribution is 5.74. The first-order chi connectivity index (χ1) is 9.74. The van der Waals surface area contributed by atoms with E-state index in [1.807, 2.05) is 6.33 Å². The fraction of sp³-hybridized carbons (Fsp3) is 0.438. The van der Waals surface area contributed by atoms with Gasteiger partial charge in [-0.15, -0.1) is 0 Å². The summed E-state index contributed by atoms with van der Waals surface area (Å²) in [5.74, 6) is 0.816. The first kappa shape index (κ1) is 11.8. The molecule has 0 bridgehead atoms. The van der Waals surface area contributed by atoms with Crippen LogP contribution in [0.5, 0.6) is 0 Å². The third-order valence-electron chi connectivity index (χ3n) is 4.48. The number of fused-ring (bicyclic) bond motifs is 1. The van der Waals surface area contributed by atoms with Gasteiger partial charge in [-0.2, -0.15) is 0 Å². The van der Waals surface area contributed by atoms with Gasteiger partial charge >= 0.3 is 0 Å². The van der Waals surface area contributed by atoms with Crippen LogP contribution in [0.1, 0.15) is 30.9 Å². The van der Waals surface area contributed by atoms with E-state index in [2.05, 4.69) is 39.7 Å². The van der Waals surface area contributed by atoms with E-state index >= 15 is 0 Å². The second-order valence-electron chi connectivity index (χ2n) is 5.99. The molecule has 2 heterocycles. The van der Waals surface area contributed by atoms with Crippen molar-refractivity contribution < 1.29 is 0 Å². The predicted octanol–water partition coefficient (Wildman–Crippen LogP) is 2.85. The van der Waals surface area contributed by atoms with Crippen molar-refractivity contribution in [2.24, 2.45) is 0 Å². The highest BCUT2D eigenvalue weighted by atomic mass is 15.2. The molecule has 104 valence electrons. The van der Waals surface area contributed by atoms with Gasteiger partial charge in [-0.3, -0.25) is 0 Å². The molecule has 0 atom stereocenters. The van der Waals surface area contributed by atoms with Crippen molar-refractivity contribution in [3.8, 4) is 11.3 Å². The van der Waals surface area contributed by atoms with Gasteiger partial charge in [0, 0.05) is 30.9 Å². The lowest BCUT2D eigenvalue weighted by Crippen LogP contribution is -2.24. The minimum absolute atomic E-state index is 0.583. The van der Waals surface area contributed by atoms with E-state index in [0.29, 0.717) is 6.04 Å². The molecule has 1 aliphatic carbocycles. The maximum Gasteiger partial charge on any atom is 0.131 e. The van der Waals surface area contributed by atoms with E-state index in [1.54, 1.807) is 0 Å². The predicted molar refractivity (Wildman–Crippen MR) is 81.9 cm³/mol. The molecule has 4 heteroatoms. The van der Waals surface area contributed by atoms with Crippen molar-refractivity contribution in [1.82, 2.24) is 9.55 Å². The zero-order valence-corrected chi connectivity index (χ0v) is 11.8. The van der Waals surface area contributed by atoms with Gasteiger partial charge < -0.3 is 15.2 Å². The Bertz CT molecular complexity index is 654. The molecule has 1 aromatic carbocycles. The van der Waals surface area contributed by atoms with Gasteiger partial charge in [-0.25, -0.2) is 4.98 Å². The lowest BCUT2D eigenvalue weighted by molar-refractivity contribution is 0.745. The summed E-state index contributed by atoms with van der Waals surface area (Å²) in [6.45, 7) is 1.14. The Balaban J connectivity index is 1.75. The van der Waals surface area contributed by atoms with Crippen LogP contribution < -0.4 is 10.6 Å². The zero-order chi connectivity index (χ0) is 13.7. The first-order valence-electron chi connectivity index (χ1n) is 7.41. The molecule has 4 rings (SSSR count). The molecule has 0 spiro atoms. The number of aromatic nitrogens is 2. The van der Waals surface area contributed by atoms with Crippen molar-refractivity contribution in [1.29, 1.82) is 0 Å². The minimum atomic E-state index is 0.583. The topological polar surface area (TPSA) is 47.1 Å². The van der Waals surface area contributed by atoms with Crippen LogP contribution in [0, 0.1) is 0 Å². The molecule has 1 aliphatic heterocycles. The highest BCUT2D eigenvalue weighted by Crippen LogP contribution is 2.39. The Labute approximate surface area is 119 Å². The molecule has 2 aromatic rings. The summed E-state index contributed by atoms with van der Waals surface area (Å²) in [5, 5.41) is 0. The molecule has 20 heavy (non-hydrogen) atoms. The van der Waals surface area contributed by atoms with Crippen molar-refractivity contribution >= 4 is 11.5 Å². The van der Waals surface area contributed by atoms with E-state index < -0.39 is 0 Å². The molecule has 1 saturated carbocycles. The van der Waals surface area contributed by atoms with Crippen LogP contribution in [-0.4, -0.2) is 23.1 Å². The number of aryl methyl sites for hydroxylation is 1. The Morgan fingerprint density at radius 2 is 2.15 bits per heavy atom. The third-order valence-corrected chi connectivity index (χ3v) is 4.48. The molecular formula is C16H20N4. The largest absolute Gasteiger partial charge is 0.383 e. The molecule has 1 fully saturated rings. The average molecular weight is 268 g/mol. The van der Waals surface area contributed by atoms with E-state index in [9.17, 15) is 0 Å². The first-order valence-corrected chi connectivity index (χ1v) is 7.41. The van der Waals surface area contributed by atoms with E-state index in [1.165, 1.54) is 30.5 Å². The summed E-state index contributed by atoms with van der Waals surface area (Å²) in [5.41, 5.74) is 11.1. The minimum Gasteiger partial charge on any atom is -0.383 e. The number of imidazole rings is 1. The van der Waals surface area contributed by atoms with Crippen LogP contribution in [0.15, 0.2) is 24.5 Å². The summed E-state index contributed by atoms with van der Waals surface area (Å²) >= 11 is 0. The van der Waals surface area contributed by atoms with Crippen molar-refractivity contribution in [2.75, 3.05) is 24.2 Å². The summed E-state index contributed by atoms with van der Waals surface area (Å²) in [7, 11) is 2.16. The maximum atomic E-state index is 6.27. The summed E-state index contributed by atoms with van der Waals surface area (Å²) < 4.78 is 2.13. The summed E-state index contributed by atoms with van der Waals surface area (Å²) in [4.78, 5) is 6.87. The molecule has 4 nitrogen and oxygen atoms in total. The number of nitrogen functional groups attached to an aromatic ring is 1. The number of rotatable bonds is 2. The lowest BCUT2D eigenvalue weighted by atomic mass is 9.98. The Hall–Kier alpha value is -1.97. The number of hydrogen-bond acceptors (Lipinski definition) is 3. The second-order valence-corrected chi connectivity index (χ2v) is 5.99. The van der Waals surface area contributed by atoms with Crippen molar-refractivity contribution in [2.45, 2.75) is 31.7 Å². The monoisotopic (exact) mass is 268 g/mol. The smallest absolute Gasteiger partial charge is 0.131 e. The SMILES string of the molecule is CN1CCCc2cc(-c3ncn(C4CC4)c3N)ccc21. The van der Waals surface area contributed by atoms with Gasteiger partial charge in [0.1, 0.15) is 11.5 Å². The van der Waals surface area contributed by atoms with Crippen LogP contribution in [0.4, 0.5) is 11.5 Å². The molecule has 0 unspecified atom stereocenters. The van der Waals surface area contributed by atoms with Gasteiger partial charge in [0.2, 0.25) is 0 Å². The fourth-order valence-electron chi connectivity index (χ4n) is 3.17. The second kappa shape index (κ2) is 4.27. The molecule has 2 aliphatic rings. The third kappa shape index (κ3) is 1.79. The molecule has 0 radical (unpaired) electrons. The molecule has 0 amide bonds. The fourth-order valence-corrected chi connectivity index (χ4v) is 3.17. The number of benzene rings is 1. The Morgan fingerprint density at radius 3 is 2.95 bits per heavy atom. The Morgan fingerprint density at radius 1 is 1.30 bits per heavy atom. The van der Waals surface area contributed by atoms with Crippen LogP contribution in [0.2, 0.25) is 0 Å². The lowest BCUT2D eigenvalue weighted by Gasteiger charge is -2.27. The molecule has 0 saturated heterocycles. The zero-order valence-electron chi connectivity index (χ0n) is 11.8. The van der Waals surface area contributed by atoms with Crippen LogP contribution >= 0.6 is 0 Å². The van der Waals surface area contributed by atoms with Gasteiger partial charge in [0.05, 0.1) is 6.33 Å². The van der Waals surface area contributed by atoms with E-state index in [0.717, 1.165) is 30.0 Å². The highest BCUT2D eigenvalue weighted by Gasteiger charge is 2.26. The standard InChI is InChI=1S/C16H20N4/c1-19-8-2-3-11-9-12(4-7-14(11)19)15-16(17)20(10-18-15)13-5-6-13/h4,7,9-10,13H,2-3,5-6,8,17H2,1H3. The number of nitrogens with two attached hydrogens (primary N) is 1. The normalized spacial score (nSPS) is 18.1. The van der Waals surface area contributed by atoms with Gasteiger partial charge in [0.25, 0.3) is 0 Å². The molecular weight excluding hydrogens is 248 g/mol.